The van der Waals surface area contributed by atoms with Crippen LogP contribution < -0.4 is 5.32 Å². The lowest BCUT2D eigenvalue weighted by Crippen LogP contribution is -2.39. The van der Waals surface area contributed by atoms with E-state index >= 15 is 0 Å². The zero-order valence-corrected chi connectivity index (χ0v) is 15.4. The van der Waals surface area contributed by atoms with E-state index in [0.29, 0.717) is 5.92 Å². The van der Waals surface area contributed by atoms with E-state index in [0.717, 1.165) is 5.56 Å². The molecule has 2 aromatic carbocycles. The van der Waals surface area contributed by atoms with Crippen molar-refractivity contribution < 1.29 is 9.18 Å². The van der Waals surface area contributed by atoms with Crippen LogP contribution in [0.25, 0.3) is 0 Å². The second kappa shape index (κ2) is 8.77. The molecular weight excluding hydrogens is 315 g/mol. The molecule has 4 heteroatoms. The molecule has 0 saturated heterocycles. The summed E-state index contributed by atoms with van der Waals surface area (Å²) >= 11 is 0. The predicted octanol–water partition coefficient (Wildman–Crippen LogP) is 4.33. The zero-order valence-electron chi connectivity index (χ0n) is 15.4. The zero-order chi connectivity index (χ0) is 18.4. The second-order valence-electron chi connectivity index (χ2n) is 6.75. The molecule has 0 aliphatic carbocycles. The van der Waals surface area contributed by atoms with Crippen molar-refractivity contribution >= 4 is 5.91 Å². The number of carbonyl (C=O) groups excluding carboxylic acids is 1. The molecular formula is C21H27FN2O. The van der Waals surface area contributed by atoms with E-state index < -0.39 is 0 Å². The third-order valence-corrected chi connectivity index (χ3v) is 4.63. The van der Waals surface area contributed by atoms with E-state index in [-0.39, 0.29) is 30.4 Å². The van der Waals surface area contributed by atoms with Crippen molar-refractivity contribution in [2.75, 3.05) is 13.6 Å². The smallest absolute Gasteiger partial charge is 0.236 e. The fraction of sp³-hybridized carbons (Fsp3) is 0.381. The fourth-order valence-corrected chi connectivity index (χ4v) is 2.90. The number of nitrogens with zero attached hydrogens (tertiary/aromatic N) is 1. The molecule has 0 aliphatic heterocycles. The van der Waals surface area contributed by atoms with Crippen LogP contribution in [0.2, 0.25) is 0 Å². The molecule has 2 aromatic rings. The Labute approximate surface area is 149 Å². The average molecular weight is 342 g/mol. The summed E-state index contributed by atoms with van der Waals surface area (Å²) in [4.78, 5) is 14.3. The maximum absolute atomic E-state index is 13.1. The number of benzene rings is 2. The summed E-state index contributed by atoms with van der Waals surface area (Å²) < 4.78 is 13.1. The standard InChI is InChI=1S/C21H27FN2O/c1-15(2)21(18-8-6-5-7-9-18)23-14-20(25)24(4)16(3)17-10-12-19(22)13-11-17/h5-13,15-16,21,23H,14H2,1-4H3. The van der Waals surface area contributed by atoms with Crippen LogP contribution in [-0.2, 0) is 4.79 Å². The number of halogens is 1. The number of hydrogen-bond acceptors (Lipinski definition) is 2. The van der Waals surface area contributed by atoms with Gasteiger partial charge in [0.15, 0.2) is 0 Å². The average Bonchev–Trinajstić information content (AvgIpc) is 2.61. The van der Waals surface area contributed by atoms with Crippen LogP contribution in [0, 0.1) is 11.7 Å². The summed E-state index contributed by atoms with van der Waals surface area (Å²) in [6.45, 7) is 6.49. The summed E-state index contributed by atoms with van der Waals surface area (Å²) in [6, 6.07) is 16.5. The minimum Gasteiger partial charge on any atom is -0.338 e. The van der Waals surface area contributed by atoms with Crippen LogP contribution in [0.3, 0.4) is 0 Å². The lowest BCUT2D eigenvalue weighted by molar-refractivity contribution is -0.131. The van der Waals surface area contributed by atoms with Crippen LogP contribution in [-0.4, -0.2) is 24.4 Å². The normalized spacial score (nSPS) is 13.5. The van der Waals surface area contributed by atoms with Crippen molar-refractivity contribution in [1.29, 1.82) is 0 Å². The molecule has 25 heavy (non-hydrogen) atoms. The third kappa shape index (κ3) is 5.13. The summed E-state index contributed by atoms with van der Waals surface area (Å²) in [5.74, 6) is 0.114. The van der Waals surface area contributed by atoms with Gasteiger partial charge in [0.2, 0.25) is 5.91 Å². The monoisotopic (exact) mass is 342 g/mol. The van der Waals surface area contributed by atoms with Gasteiger partial charge in [-0.15, -0.1) is 0 Å². The molecule has 134 valence electrons. The van der Waals surface area contributed by atoms with Gasteiger partial charge in [-0.2, -0.15) is 0 Å². The quantitative estimate of drug-likeness (QED) is 0.812. The molecule has 0 saturated carbocycles. The molecule has 1 amide bonds. The van der Waals surface area contributed by atoms with Crippen molar-refractivity contribution in [2.45, 2.75) is 32.9 Å². The first kappa shape index (κ1) is 19.1. The molecule has 1 N–H and O–H groups in total. The van der Waals surface area contributed by atoms with E-state index in [1.165, 1.54) is 17.7 Å². The van der Waals surface area contributed by atoms with E-state index in [2.05, 4.69) is 31.3 Å². The lowest BCUT2D eigenvalue weighted by atomic mass is 9.96. The Morgan fingerprint density at radius 1 is 1.00 bits per heavy atom. The van der Waals surface area contributed by atoms with E-state index in [1.807, 2.05) is 25.1 Å². The number of nitrogens with one attached hydrogen (secondary N) is 1. The highest BCUT2D eigenvalue weighted by Gasteiger charge is 2.20. The van der Waals surface area contributed by atoms with Gasteiger partial charge >= 0.3 is 0 Å². The second-order valence-corrected chi connectivity index (χ2v) is 6.75. The van der Waals surface area contributed by atoms with Gasteiger partial charge < -0.3 is 10.2 Å². The van der Waals surface area contributed by atoms with E-state index in [4.69, 9.17) is 0 Å². The Kier molecular flexibility index (Phi) is 6.71. The predicted molar refractivity (Wildman–Crippen MR) is 99.6 cm³/mol. The molecule has 0 aromatic heterocycles. The molecule has 3 nitrogen and oxygen atoms in total. The van der Waals surface area contributed by atoms with Crippen molar-refractivity contribution in [1.82, 2.24) is 10.2 Å². The fourth-order valence-electron chi connectivity index (χ4n) is 2.90. The third-order valence-electron chi connectivity index (χ3n) is 4.63. The van der Waals surface area contributed by atoms with E-state index in [9.17, 15) is 9.18 Å². The highest BCUT2D eigenvalue weighted by atomic mass is 19.1. The summed E-state index contributed by atoms with van der Waals surface area (Å²) in [5, 5.41) is 3.38. The first-order valence-electron chi connectivity index (χ1n) is 8.69. The van der Waals surface area contributed by atoms with Gasteiger partial charge in [-0.3, -0.25) is 4.79 Å². The Morgan fingerprint density at radius 3 is 2.16 bits per heavy atom. The van der Waals surface area contributed by atoms with Gasteiger partial charge in [-0.1, -0.05) is 56.3 Å². The van der Waals surface area contributed by atoms with Gasteiger partial charge in [-0.25, -0.2) is 4.39 Å². The summed E-state index contributed by atoms with van der Waals surface area (Å²) in [7, 11) is 1.78. The lowest BCUT2D eigenvalue weighted by Gasteiger charge is -2.28. The minimum absolute atomic E-state index is 0.0124. The van der Waals surface area contributed by atoms with Crippen molar-refractivity contribution in [3.05, 3.63) is 71.5 Å². The minimum atomic E-state index is -0.269. The van der Waals surface area contributed by atoms with Gasteiger partial charge in [0, 0.05) is 13.1 Å². The highest BCUT2D eigenvalue weighted by molar-refractivity contribution is 5.78. The molecule has 2 atom stereocenters. The number of amides is 1. The first-order chi connectivity index (χ1) is 11.9. The van der Waals surface area contributed by atoms with Gasteiger partial charge in [0.05, 0.1) is 12.6 Å². The number of carbonyl (C=O) groups is 1. The van der Waals surface area contributed by atoms with Crippen LogP contribution in [0.1, 0.15) is 44.0 Å². The molecule has 0 spiro atoms. The molecule has 2 unspecified atom stereocenters. The number of rotatable bonds is 7. The Morgan fingerprint density at radius 2 is 1.60 bits per heavy atom. The molecule has 0 radical (unpaired) electrons. The van der Waals surface area contributed by atoms with Crippen molar-refractivity contribution in [3.63, 3.8) is 0 Å². The molecule has 0 heterocycles. The molecule has 0 bridgehead atoms. The topological polar surface area (TPSA) is 32.3 Å². The van der Waals surface area contributed by atoms with Gasteiger partial charge in [-0.05, 0) is 36.1 Å². The first-order valence-corrected chi connectivity index (χ1v) is 8.69. The summed E-state index contributed by atoms with van der Waals surface area (Å²) in [5.41, 5.74) is 2.10. The van der Waals surface area contributed by atoms with Crippen LogP contribution in [0.4, 0.5) is 4.39 Å². The number of hydrogen-bond donors (Lipinski definition) is 1. The molecule has 0 aliphatic rings. The van der Waals surface area contributed by atoms with Gasteiger partial charge in [0.1, 0.15) is 5.82 Å². The molecule has 0 fully saturated rings. The van der Waals surface area contributed by atoms with E-state index in [1.54, 1.807) is 24.1 Å². The maximum atomic E-state index is 13.1. The number of likely N-dealkylation sites (N-methyl/N-ethyl adjacent to an activating group) is 1. The maximum Gasteiger partial charge on any atom is 0.236 e. The van der Waals surface area contributed by atoms with Crippen LogP contribution in [0.5, 0.6) is 0 Å². The molecule has 2 rings (SSSR count). The van der Waals surface area contributed by atoms with Gasteiger partial charge in [0.25, 0.3) is 0 Å². The van der Waals surface area contributed by atoms with Crippen molar-refractivity contribution in [3.8, 4) is 0 Å². The SMILES string of the molecule is CC(C)C(NCC(=O)N(C)C(C)c1ccc(F)cc1)c1ccccc1. The Balaban J connectivity index is 1.99. The summed E-state index contributed by atoms with van der Waals surface area (Å²) in [6.07, 6.45) is 0. The van der Waals surface area contributed by atoms with Crippen LogP contribution >= 0.6 is 0 Å². The van der Waals surface area contributed by atoms with Crippen LogP contribution in [0.15, 0.2) is 54.6 Å². The largest absolute Gasteiger partial charge is 0.338 e. The Bertz CT molecular complexity index is 670. The highest BCUT2D eigenvalue weighted by Crippen LogP contribution is 2.22. The Hall–Kier alpha value is -2.20. The van der Waals surface area contributed by atoms with Crippen molar-refractivity contribution in [2.24, 2.45) is 5.92 Å².